The molecule has 0 radical (unpaired) electrons. The van der Waals surface area contributed by atoms with Crippen molar-refractivity contribution in [3.8, 4) is 11.8 Å². The van der Waals surface area contributed by atoms with Gasteiger partial charge in [-0.05, 0) is 35.9 Å². The Morgan fingerprint density at radius 3 is 2.58 bits per heavy atom. The second-order valence-electron chi connectivity index (χ2n) is 4.77. The molecule has 1 amide bonds. The molecule has 2 aromatic carbocycles. The summed E-state index contributed by atoms with van der Waals surface area (Å²) in [5, 5.41) is 11.5. The number of rotatable bonds is 6. The van der Waals surface area contributed by atoms with E-state index >= 15 is 0 Å². The van der Waals surface area contributed by atoms with Crippen LogP contribution in [0.4, 0.5) is 10.1 Å². The lowest BCUT2D eigenvalue weighted by atomic mass is 10.1. The molecule has 24 heavy (non-hydrogen) atoms. The van der Waals surface area contributed by atoms with Crippen LogP contribution in [-0.2, 0) is 4.79 Å². The number of halogens is 1. The Kier molecular flexibility index (Phi) is 5.87. The van der Waals surface area contributed by atoms with E-state index in [2.05, 4.69) is 11.9 Å². The molecule has 0 unspecified atom stereocenters. The van der Waals surface area contributed by atoms with Gasteiger partial charge in [0.2, 0.25) is 0 Å². The first kappa shape index (κ1) is 17.0. The lowest BCUT2D eigenvalue weighted by Gasteiger charge is -2.06. The van der Waals surface area contributed by atoms with Gasteiger partial charge in [0.05, 0.1) is 5.69 Å². The third-order valence-electron chi connectivity index (χ3n) is 3.05. The van der Waals surface area contributed by atoms with E-state index in [-0.39, 0.29) is 11.3 Å². The molecule has 0 heterocycles. The zero-order chi connectivity index (χ0) is 17.4. The molecule has 2 aromatic rings. The van der Waals surface area contributed by atoms with E-state index in [9.17, 15) is 9.18 Å². The molecule has 120 valence electrons. The molecule has 0 spiro atoms. The van der Waals surface area contributed by atoms with Crippen LogP contribution in [0.5, 0.6) is 5.75 Å². The minimum atomic E-state index is -0.672. The van der Waals surface area contributed by atoms with Crippen molar-refractivity contribution < 1.29 is 13.9 Å². The fourth-order valence-corrected chi connectivity index (χ4v) is 1.88. The number of nitriles is 1. The summed E-state index contributed by atoms with van der Waals surface area (Å²) in [6.07, 6.45) is 3.06. The van der Waals surface area contributed by atoms with Crippen molar-refractivity contribution in [2.24, 2.45) is 0 Å². The Balaban J connectivity index is 2.13. The lowest BCUT2D eigenvalue weighted by molar-refractivity contribution is -0.112. The van der Waals surface area contributed by atoms with Crippen LogP contribution in [0, 0.1) is 17.1 Å². The summed E-state index contributed by atoms with van der Waals surface area (Å²) < 4.78 is 18.9. The molecule has 0 saturated carbocycles. The number of hydrogen-bond acceptors (Lipinski definition) is 3. The minimum absolute atomic E-state index is 0.0248. The summed E-state index contributed by atoms with van der Waals surface area (Å²) in [4.78, 5) is 12.1. The van der Waals surface area contributed by atoms with Crippen molar-refractivity contribution in [3.05, 3.63) is 78.1 Å². The predicted molar refractivity (Wildman–Crippen MR) is 90.8 cm³/mol. The number of carbonyl (C=O) groups excluding carboxylic acids is 1. The molecule has 0 aromatic heterocycles. The summed E-state index contributed by atoms with van der Waals surface area (Å²) >= 11 is 0. The van der Waals surface area contributed by atoms with Gasteiger partial charge in [-0.2, -0.15) is 5.26 Å². The highest BCUT2D eigenvalue weighted by atomic mass is 19.1. The van der Waals surface area contributed by atoms with E-state index in [1.165, 1.54) is 24.3 Å². The van der Waals surface area contributed by atoms with Crippen molar-refractivity contribution in [1.82, 2.24) is 0 Å². The van der Waals surface area contributed by atoms with Gasteiger partial charge in [0.25, 0.3) is 5.91 Å². The number of anilines is 1. The molecule has 4 nitrogen and oxygen atoms in total. The highest BCUT2D eigenvalue weighted by Gasteiger charge is 2.11. The van der Waals surface area contributed by atoms with E-state index in [0.717, 1.165) is 0 Å². The number of nitrogens with one attached hydrogen (secondary N) is 1. The first-order valence-corrected chi connectivity index (χ1v) is 7.15. The summed E-state index contributed by atoms with van der Waals surface area (Å²) in [7, 11) is 0. The Bertz CT molecular complexity index is 805. The lowest BCUT2D eigenvalue weighted by Crippen LogP contribution is -2.14. The third kappa shape index (κ3) is 4.55. The van der Waals surface area contributed by atoms with E-state index in [1.807, 2.05) is 6.07 Å². The van der Waals surface area contributed by atoms with Crippen LogP contribution >= 0.6 is 0 Å². The second kappa shape index (κ2) is 8.30. The highest BCUT2D eigenvalue weighted by Crippen LogP contribution is 2.17. The van der Waals surface area contributed by atoms with Crippen LogP contribution in [-0.4, -0.2) is 12.5 Å². The first-order valence-electron chi connectivity index (χ1n) is 7.15. The quantitative estimate of drug-likeness (QED) is 0.498. The molecule has 1 N–H and O–H groups in total. The van der Waals surface area contributed by atoms with Crippen LogP contribution in [0.3, 0.4) is 0 Å². The summed E-state index contributed by atoms with van der Waals surface area (Å²) in [6, 6.07) is 14.5. The molecule has 0 fully saturated rings. The van der Waals surface area contributed by atoms with Gasteiger partial charge in [0, 0.05) is 0 Å². The molecular weight excluding hydrogens is 307 g/mol. The van der Waals surface area contributed by atoms with Gasteiger partial charge < -0.3 is 10.1 Å². The topological polar surface area (TPSA) is 62.1 Å². The Morgan fingerprint density at radius 2 is 1.96 bits per heavy atom. The Hall–Kier alpha value is -3.39. The van der Waals surface area contributed by atoms with Crippen LogP contribution in [0.25, 0.3) is 6.08 Å². The third-order valence-corrected chi connectivity index (χ3v) is 3.05. The maximum atomic E-state index is 13.6. The molecular formula is C19H15FN2O2. The highest BCUT2D eigenvalue weighted by molar-refractivity contribution is 6.09. The van der Waals surface area contributed by atoms with Gasteiger partial charge in [-0.15, -0.1) is 0 Å². The molecule has 5 heteroatoms. The number of ether oxygens (including phenoxy) is 1. The summed E-state index contributed by atoms with van der Waals surface area (Å²) in [5.41, 5.74) is 0.552. The fraction of sp³-hybridized carbons (Fsp3) is 0.0526. The zero-order valence-electron chi connectivity index (χ0n) is 12.8. The normalized spacial score (nSPS) is 10.6. The standard InChI is InChI=1S/C19H15FN2O2/c1-2-11-24-16-9-7-14(8-10-16)12-15(13-21)19(23)22-18-6-4-3-5-17(18)20/h2-10,12H,1,11H2,(H,22,23)/b15-12+. The fourth-order valence-electron chi connectivity index (χ4n) is 1.88. The van der Waals surface area contributed by atoms with Crippen LogP contribution in [0.2, 0.25) is 0 Å². The second-order valence-corrected chi connectivity index (χ2v) is 4.77. The van der Waals surface area contributed by atoms with E-state index in [1.54, 1.807) is 36.4 Å². The number of para-hydroxylation sites is 1. The molecule has 0 aliphatic carbocycles. The number of amides is 1. The number of hydrogen-bond donors (Lipinski definition) is 1. The Labute approximate surface area is 139 Å². The predicted octanol–water partition coefficient (Wildman–Crippen LogP) is 3.94. The largest absolute Gasteiger partial charge is 0.490 e. The van der Waals surface area contributed by atoms with Gasteiger partial charge in [0.15, 0.2) is 0 Å². The van der Waals surface area contributed by atoms with Crippen LogP contribution in [0.1, 0.15) is 5.56 Å². The molecule has 0 aliphatic heterocycles. The number of nitrogens with zero attached hydrogens (tertiary/aromatic N) is 1. The zero-order valence-corrected chi connectivity index (χ0v) is 12.8. The molecule has 0 aliphatic rings. The molecule has 2 rings (SSSR count). The SMILES string of the molecule is C=CCOc1ccc(/C=C(\C#N)C(=O)Nc2ccccc2F)cc1. The number of benzene rings is 2. The van der Waals surface area contributed by atoms with E-state index < -0.39 is 11.7 Å². The van der Waals surface area contributed by atoms with Crippen LogP contribution < -0.4 is 10.1 Å². The average molecular weight is 322 g/mol. The van der Waals surface area contributed by atoms with Crippen molar-refractivity contribution >= 4 is 17.7 Å². The monoisotopic (exact) mass is 322 g/mol. The van der Waals surface area contributed by atoms with Gasteiger partial charge in [-0.3, -0.25) is 4.79 Å². The summed E-state index contributed by atoms with van der Waals surface area (Å²) in [6.45, 7) is 3.95. The van der Waals surface area contributed by atoms with Gasteiger partial charge in [-0.1, -0.05) is 36.9 Å². The van der Waals surface area contributed by atoms with Gasteiger partial charge in [0.1, 0.15) is 29.8 Å². The van der Waals surface area contributed by atoms with Gasteiger partial charge in [-0.25, -0.2) is 4.39 Å². The summed E-state index contributed by atoms with van der Waals surface area (Å²) in [5.74, 6) is -0.581. The maximum absolute atomic E-state index is 13.6. The minimum Gasteiger partial charge on any atom is -0.490 e. The number of carbonyl (C=O) groups is 1. The smallest absolute Gasteiger partial charge is 0.266 e. The molecule has 0 atom stereocenters. The van der Waals surface area contributed by atoms with Gasteiger partial charge >= 0.3 is 0 Å². The van der Waals surface area contributed by atoms with Crippen molar-refractivity contribution in [2.45, 2.75) is 0 Å². The first-order chi connectivity index (χ1) is 11.6. The van der Waals surface area contributed by atoms with Crippen LogP contribution in [0.15, 0.2) is 66.8 Å². The van der Waals surface area contributed by atoms with E-state index in [0.29, 0.717) is 17.9 Å². The van der Waals surface area contributed by atoms with Crippen molar-refractivity contribution in [2.75, 3.05) is 11.9 Å². The van der Waals surface area contributed by atoms with E-state index in [4.69, 9.17) is 10.00 Å². The Morgan fingerprint density at radius 1 is 1.25 bits per heavy atom. The van der Waals surface area contributed by atoms with Crippen molar-refractivity contribution in [1.29, 1.82) is 5.26 Å². The molecule has 0 saturated heterocycles. The van der Waals surface area contributed by atoms with Crippen molar-refractivity contribution in [3.63, 3.8) is 0 Å². The molecule has 0 bridgehead atoms. The maximum Gasteiger partial charge on any atom is 0.266 e. The average Bonchev–Trinajstić information content (AvgIpc) is 2.60.